The largest absolute Gasteiger partial charge is 0.436 e. The number of rotatable bonds is 5. The van der Waals surface area contributed by atoms with E-state index in [1.807, 2.05) is 24.3 Å². The lowest BCUT2D eigenvalue weighted by molar-refractivity contribution is -0.141. The summed E-state index contributed by atoms with van der Waals surface area (Å²) in [7, 11) is 0. The molecule has 1 aliphatic rings. The summed E-state index contributed by atoms with van der Waals surface area (Å²) in [5.74, 6) is -0.105. The van der Waals surface area contributed by atoms with Gasteiger partial charge in [0.05, 0.1) is 17.3 Å². The molecule has 1 amide bonds. The van der Waals surface area contributed by atoms with Crippen LogP contribution in [-0.4, -0.2) is 51.7 Å². The minimum absolute atomic E-state index is 0.0587. The third-order valence-corrected chi connectivity index (χ3v) is 5.65. The van der Waals surface area contributed by atoms with E-state index < -0.39 is 16.9 Å². The number of nitrogens with zero attached hydrogens (tertiary/aromatic N) is 4. The van der Waals surface area contributed by atoms with Crippen LogP contribution in [0.25, 0.3) is 0 Å². The van der Waals surface area contributed by atoms with E-state index in [1.165, 1.54) is 6.92 Å². The van der Waals surface area contributed by atoms with Crippen LogP contribution in [0.4, 0.5) is 13.2 Å². The molecule has 0 bridgehead atoms. The number of hydrogen-bond donors (Lipinski definition) is 0. The zero-order valence-corrected chi connectivity index (χ0v) is 17.4. The SMILES string of the molecule is Cc1c(Cl)c(C(F)(F)F)nn1CCC(=O)N1CCN(Cc2cccc(Cl)c2)CC1. The van der Waals surface area contributed by atoms with Gasteiger partial charge >= 0.3 is 6.18 Å². The minimum atomic E-state index is -4.61. The second-order valence-corrected chi connectivity index (χ2v) is 7.82. The van der Waals surface area contributed by atoms with E-state index in [1.54, 1.807) is 4.90 Å². The van der Waals surface area contributed by atoms with Crippen LogP contribution in [-0.2, 0) is 24.1 Å². The van der Waals surface area contributed by atoms with E-state index in [9.17, 15) is 18.0 Å². The molecular weight excluding hydrogens is 428 g/mol. The molecule has 0 unspecified atom stereocenters. The highest BCUT2D eigenvalue weighted by atomic mass is 35.5. The Morgan fingerprint density at radius 2 is 1.86 bits per heavy atom. The van der Waals surface area contributed by atoms with E-state index in [4.69, 9.17) is 23.2 Å². The maximum absolute atomic E-state index is 12.9. The molecule has 2 aromatic rings. The minimum Gasteiger partial charge on any atom is -0.340 e. The Balaban J connectivity index is 1.50. The highest BCUT2D eigenvalue weighted by Crippen LogP contribution is 2.35. The number of piperazine rings is 1. The Morgan fingerprint density at radius 1 is 1.17 bits per heavy atom. The maximum Gasteiger partial charge on any atom is 0.436 e. The van der Waals surface area contributed by atoms with Crippen molar-refractivity contribution in [3.8, 4) is 0 Å². The maximum atomic E-state index is 12.9. The van der Waals surface area contributed by atoms with Crippen molar-refractivity contribution in [2.75, 3.05) is 26.2 Å². The average Bonchev–Trinajstić information content (AvgIpc) is 2.95. The summed E-state index contributed by atoms with van der Waals surface area (Å²) < 4.78 is 39.8. The Kier molecular flexibility index (Phi) is 6.76. The van der Waals surface area contributed by atoms with Gasteiger partial charge in [0.1, 0.15) is 0 Å². The van der Waals surface area contributed by atoms with Crippen LogP contribution >= 0.6 is 23.2 Å². The Bertz CT molecular complexity index is 877. The summed E-state index contributed by atoms with van der Waals surface area (Å²) in [5.41, 5.74) is 0.209. The summed E-state index contributed by atoms with van der Waals surface area (Å²) in [6.45, 7) is 4.88. The van der Waals surface area contributed by atoms with Gasteiger partial charge in [-0.15, -0.1) is 0 Å². The predicted octanol–water partition coefficient (Wildman–Crippen LogP) is 4.25. The number of alkyl halides is 3. The molecule has 1 aromatic carbocycles. The average molecular weight is 449 g/mol. The molecule has 1 saturated heterocycles. The summed E-state index contributed by atoms with van der Waals surface area (Å²) in [5, 5.41) is 3.81. The fourth-order valence-electron chi connectivity index (χ4n) is 3.33. The highest BCUT2D eigenvalue weighted by Gasteiger charge is 2.38. The van der Waals surface area contributed by atoms with Crippen LogP contribution in [0.5, 0.6) is 0 Å². The second-order valence-electron chi connectivity index (χ2n) is 7.01. The van der Waals surface area contributed by atoms with Gasteiger partial charge in [0.2, 0.25) is 5.91 Å². The number of amides is 1. The first-order chi connectivity index (χ1) is 13.6. The number of halogens is 5. The smallest absolute Gasteiger partial charge is 0.340 e. The standard InChI is InChI=1S/C19H21Cl2F3N4O/c1-13-17(21)18(19(22,23)24)25-28(13)6-5-16(29)27-9-7-26(8-10-27)12-14-3-2-4-15(20)11-14/h2-4,11H,5-10,12H2,1H3. The monoisotopic (exact) mass is 448 g/mol. The molecule has 1 aromatic heterocycles. The quantitative estimate of drug-likeness (QED) is 0.686. The van der Waals surface area contributed by atoms with Crippen molar-refractivity contribution in [1.29, 1.82) is 0 Å². The van der Waals surface area contributed by atoms with Gasteiger partial charge in [0, 0.05) is 44.2 Å². The van der Waals surface area contributed by atoms with E-state index >= 15 is 0 Å². The fraction of sp³-hybridized carbons (Fsp3) is 0.474. The van der Waals surface area contributed by atoms with Gasteiger partial charge in [-0.2, -0.15) is 18.3 Å². The lowest BCUT2D eigenvalue weighted by Crippen LogP contribution is -2.48. The number of carbonyl (C=O) groups excluding carboxylic acids is 1. The van der Waals surface area contributed by atoms with Crippen LogP contribution in [0.1, 0.15) is 23.4 Å². The Labute approximate surface area is 177 Å². The van der Waals surface area contributed by atoms with E-state index in [0.717, 1.165) is 29.9 Å². The first kappa shape index (κ1) is 21.9. The summed E-state index contributed by atoms with van der Waals surface area (Å²) in [4.78, 5) is 16.4. The van der Waals surface area contributed by atoms with Crippen LogP contribution in [0.15, 0.2) is 24.3 Å². The first-order valence-electron chi connectivity index (χ1n) is 9.20. The van der Waals surface area contributed by atoms with Crippen LogP contribution in [0.3, 0.4) is 0 Å². The molecular formula is C19H21Cl2F3N4O. The predicted molar refractivity (Wildman–Crippen MR) is 105 cm³/mol. The number of aryl methyl sites for hydroxylation is 1. The number of carbonyl (C=O) groups is 1. The Morgan fingerprint density at radius 3 is 2.45 bits per heavy atom. The molecule has 10 heteroatoms. The first-order valence-corrected chi connectivity index (χ1v) is 9.95. The van der Waals surface area contributed by atoms with Crippen LogP contribution in [0.2, 0.25) is 10.0 Å². The van der Waals surface area contributed by atoms with Gasteiger partial charge < -0.3 is 4.90 Å². The van der Waals surface area contributed by atoms with Gasteiger partial charge in [-0.05, 0) is 24.6 Å². The van der Waals surface area contributed by atoms with Crippen molar-refractivity contribution in [3.05, 3.63) is 51.3 Å². The Hall–Kier alpha value is -1.77. The molecule has 29 heavy (non-hydrogen) atoms. The third kappa shape index (κ3) is 5.43. The molecule has 0 aliphatic carbocycles. The van der Waals surface area contributed by atoms with Gasteiger partial charge in [-0.3, -0.25) is 14.4 Å². The zero-order chi connectivity index (χ0) is 21.2. The molecule has 2 heterocycles. The van der Waals surface area contributed by atoms with E-state index in [2.05, 4.69) is 10.00 Å². The fourth-order valence-corrected chi connectivity index (χ4v) is 3.79. The van der Waals surface area contributed by atoms with Crippen molar-refractivity contribution in [2.45, 2.75) is 32.6 Å². The summed E-state index contributed by atoms with van der Waals surface area (Å²) in [6.07, 6.45) is -4.54. The van der Waals surface area contributed by atoms with Crippen molar-refractivity contribution < 1.29 is 18.0 Å². The summed E-state index contributed by atoms with van der Waals surface area (Å²) in [6, 6.07) is 7.67. The number of benzene rings is 1. The molecule has 0 spiro atoms. The lowest BCUT2D eigenvalue weighted by atomic mass is 10.2. The molecule has 3 rings (SSSR count). The van der Waals surface area contributed by atoms with Gasteiger partial charge in [-0.25, -0.2) is 0 Å². The van der Waals surface area contributed by atoms with E-state index in [-0.39, 0.29) is 24.6 Å². The van der Waals surface area contributed by atoms with Gasteiger partial charge in [0.25, 0.3) is 0 Å². The molecule has 0 saturated carbocycles. The molecule has 0 atom stereocenters. The molecule has 1 fully saturated rings. The van der Waals surface area contributed by atoms with E-state index in [0.29, 0.717) is 18.1 Å². The van der Waals surface area contributed by atoms with Crippen LogP contribution in [0, 0.1) is 6.92 Å². The third-order valence-electron chi connectivity index (χ3n) is 4.96. The van der Waals surface area contributed by atoms with Gasteiger partial charge in [-0.1, -0.05) is 35.3 Å². The van der Waals surface area contributed by atoms with Crippen molar-refractivity contribution in [2.24, 2.45) is 0 Å². The highest BCUT2D eigenvalue weighted by molar-refractivity contribution is 6.32. The van der Waals surface area contributed by atoms with Gasteiger partial charge in [0.15, 0.2) is 5.69 Å². The second kappa shape index (κ2) is 8.93. The van der Waals surface area contributed by atoms with Crippen LogP contribution < -0.4 is 0 Å². The molecule has 158 valence electrons. The molecule has 1 aliphatic heterocycles. The lowest BCUT2D eigenvalue weighted by Gasteiger charge is -2.34. The topological polar surface area (TPSA) is 41.4 Å². The number of hydrogen-bond acceptors (Lipinski definition) is 3. The van der Waals surface area contributed by atoms with Crippen molar-refractivity contribution >= 4 is 29.1 Å². The number of aromatic nitrogens is 2. The molecule has 5 nitrogen and oxygen atoms in total. The normalized spacial score (nSPS) is 15.7. The summed E-state index contributed by atoms with van der Waals surface area (Å²) >= 11 is 11.8. The molecule has 0 N–H and O–H groups in total. The molecule has 0 radical (unpaired) electrons. The van der Waals surface area contributed by atoms with Crippen molar-refractivity contribution in [3.63, 3.8) is 0 Å². The van der Waals surface area contributed by atoms with Crippen molar-refractivity contribution in [1.82, 2.24) is 19.6 Å². The zero-order valence-electron chi connectivity index (χ0n) is 15.8.